The molecule has 0 radical (unpaired) electrons. The molecule has 19 heavy (non-hydrogen) atoms. The predicted molar refractivity (Wildman–Crippen MR) is 92.2 cm³/mol. The van der Waals surface area contributed by atoms with E-state index in [2.05, 4.69) is 41.5 Å². The summed E-state index contributed by atoms with van der Waals surface area (Å²) in [5, 5.41) is 0.561. The molecule has 1 aliphatic heterocycles. The van der Waals surface area contributed by atoms with Crippen molar-refractivity contribution >= 4 is 17.6 Å². The Morgan fingerprint density at radius 1 is 1.21 bits per heavy atom. The molecule has 1 saturated heterocycles. The molecular formula is C16H36OSi2. The molecule has 3 heteroatoms. The first-order chi connectivity index (χ1) is 8.84. The van der Waals surface area contributed by atoms with Gasteiger partial charge in [0.15, 0.2) is 0 Å². The molecule has 1 aliphatic rings. The van der Waals surface area contributed by atoms with Crippen molar-refractivity contribution < 1.29 is 4.43 Å². The minimum absolute atomic E-state index is 0.178. The average Bonchev–Trinajstić information content (AvgIpc) is 2.39. The zero-order valence-electron chi connectivity index (χ0n) is 14.2. The molecule has 0 aromatic carbocycles. The average molecular weight is 301 g/mol. The SMILES string of the molecule is CCCCCC(C)C(C)(C)C(C)(C)[SiH]1CCCO[SiH2]1. The van der Waals surface area contributed by atoms with Gasteiger partial charge in [0.2, 0.25) is 0 Å². The van der Waals surface area contributed by atoms with Crippen LogP contribution in [0.3, 0.4) is 0 Å². The van der Waals surface area contributed by atoms with Crippen LogP contribution in [0, 0.1) is 11.3 Å². The van der Waals surface area contributed by atoms with E-state index in [1.807, 2.05) is 0 Å². The number of rotatable bonds is 7. The van der Waals surface area contributed by atoms with Crippen LogP contribution in [0.1, 0.15) is 73.6 Å². The van der Waals surface area contributed by atoms with E-state index in [0.717, 1.165) is 12.5 Å². The monoisotopic (exact) mass is 300 g/mol. The fourth-order valence-electron chi connectivity index (χ4n) is 3.53. The molecule has 0 amide bonds. The van der Waals surface area contributed by atoms with Crippen LogP contribution in [0.25, 0.3) is 0 Å². The summed E-state index contributed by atoms with van der Waals surface area (Å²) in [5.41, 5.74) is 0.478. The van der Waals surface area contributed by atoms with Crippen LogP contribution in [0.15, 0.2) is 0 Å². The van der Waals surface area contributed by atoms with Crippen LogP contribution in [0.4, 0.5) is 0 Å². The van der Waals surface area contributed by atoms with Crippen LogP contribution in [0.2, 0.25) is 11.1 Å². The largest absolute Gasteiger partial charge is 0.428 e. The van der Waals surface area contributed by atoms with Crippen LogP contribution in [-0.2, 0) is 4.43 Å². The maximum Gasteiger partial charge on any atom is 0.147 e. The van der Waals surface area contributed by atoms with Gasteiger partial charge < -0.3 is 4.43 Å². The first-order valence-electron chi connectivity index (χ1n) is 8.41. The molecular weight excluding hydrogens is 264 g/mol. The van der Waals surface area contributed by atoms with E-state index in [1.165, 1.54) is 32.1 Å². The van der Waals surface area contributed by atoms with Crippen molar-refractivity contribution in [3.63, 3.8) is 0 Å². The highest BCUT2D eigenvalue weighted by molar-refractivity contribution is 7.11. The normalized spacial score (nSPS) is 24.6. The van der Waals surface area contributed by atoms with E-state index in [4.69, 9.17) is 4.43 Å². The Morgan fingerprint density at radius 3 is 2.42 bits per heavy atom. The first kappa shape index (κ1) is 17.4. The Hall–Kier alpha value is 0.394. The molecule has 0 saturated carbocycles. The highest BCUT2D eigenvalue weighted by Crippen LogP contribution is 2.54. The Balaban J connectivity index is 2.66. The molecule has 0 aromatic heterocycles. The molecule has 0 aromatic rings. The van der Waals surface area contributed by atoms with Crippen LogP contribution in [-0.4, -0.2) is 24.2 Å². The minimum Gasteiger partial charge on any atom is -0.428 e. The standard InChI is InChI=1S/C16H36OSi2/c1-7-8-9-11-14(2)15(3,4)16(5,6)19-13-10-12-17-18-19/h14,19H,7-13,18H2,1-6H3. The van der Waals surface area contributed by atoms with E-state index >= 15 is 0 Å². The van der Waals surface area contributed by atoms with Crippen molar-refractivity contribution in [2.45, 2.75) is 84.7 Å². The fourth-order valence-corrected chi connectivity index (χ4v) is 13.0. The lowest BCUT2D eigenvalue weighted by atomic mass is 9.69. The third kappa shape index (κ3) is 4.18. The van der Waals surface area contributed by atoms with Crippen molar-refractivity contribution in [1.82, 2.24) is 0 Å². The Morgan fingerprint density at radius 2 is 1.89 bits per heavy atom. The zero-order chi connectivity index (χ0) is 14.5. The van der Waals surface area contributed by atoms with Gasteiger partial charge in [0, 0.05) is 6.61 Å². The molecule has 1 heterocycles. The van der Waals surface area contributed by atoms with Crippen molar-refractivity contribution in [2.75, 3.05) is 6.61 Å². The summed E-state index contributed by atoms with van der Waals surface area (Å²) >= 11 is 0. The van der Waals surface area contributed by atoms with Gasteiger partial charge in [-0.1, -0.05) is 73.3 Å². The van der Waals surface area contributed by atoms with Crippen LogP contribution >= 0.6 is 0 Å². The van der Waals surface area contributed by atoms with E-state index in [9.17, 15) is 0 Å². The summed E-state index contributed by atoms with van der Waals surface area (Å²) in [7, 11) is -0.819. The third-order valence-electron chi connectivity index (χ3n) is 6.31. The minimum atomic E-state index is -0.641. The lowest BCUT2D eigenvalue weighted by Gasteiger charge is -2.51. The Bertz CT molecular complexity index is 257. The molecule has 1 nitrogen and oxygen atoms in total. The molecule has 2 unspecified atom stereocenters. The number of unbranched alkanes of at least 4 members (excludes halogenated alkanes) is 2. The molecule has 2 atom stereocenters. The Labute approximate surface area is 125 Å². The second-order valence-electron chi connectivity index (χ2n) is 7.75. The molecule has 0 spiro atoms. The van der Waals surface area contributed by atoms with E-state index in [-0.39, 0.29) is 9.28 Å². The summed E-state index contributed by atoms with van der Waals surface area (Å²) in [6.45, 7) is 16.1. The second-order valence-corrected chi connectivity index (χ2v) is 15.9. The number of hydrogen-bond donors (Lipinski definition) is 0. The van der Waals surface area contributed by atoms with Gasteiger partial charge in [0.25, 0.3) is 0 Å². The van der Waals surface area contributed by atoms with E-state index in [0.29, 0.717) is 10.5 Å². The molecule has 1 fully saturated rings. The molecule has 0 aliphatic carbocycles. The van der Waals surface area contributed by atoms with Gasteiger partial charge >= 0.3 is 0 Å². The zero-order valence-corrected chi connectivity index (χ0v) is 16.8. The van der Waals surface area contributed by atoms with Crippen molar-refractivity contribution in [3.05, 3.63) is 0 Å². The van der Waals surface area contributed by atoms with Gasteiger partial charge in [-0.25, -0.2) is 0 Å². The first-order valence-corrected chi connectivity index (χ1v) is 13.7. The van der Waals surface area contributed by atoms with Crippen molar-refractivity contribution in [1.29, 1.82) is 0 Å². The molecule has 0 N–H and O–H groups in total. The van der Waals surface area contributed by atoms with Gasteiger partial charge in [0.05, 0.1) is 8.31 Å². The topological polar surface area (TPSA) is 9.23 Å². The lowest BCUT2D eigenvalue weighted by Crippen LogP contribution is -2.48. The Kier molecular flexibility index (Phi) is 6.81. The fraction of sp³-hybridized carbons (Fsp3) is 1.00. The van der Waals surface area contributed by atoms with Crippen molar-refractivity contribution in [3.8, 4) is 0 Å². The molecule has 0 bridgehead atoms. The lowest BCUT2D eigenvalue weighted by molar-refractivity contribution is 0.148. The summed E-state index contributed by atoms with van der Waals surface area (Å²) in [6.07, 6.45) is 6.91. The highest BCUT2D eigenvalue weighted by Gasteiger charge is 2.46. The second kappa shape index (κ2) is 7.42. The van der Waals surface area contributed by atoms with Crippen molar-refractivity contribution in [2.24, 2.45) is 11.3 Å². The maximum absolute atomic E-state index is 5.94. The van der Waals surface area contributed by atoms with Gasteiger partial charge in [-0.3, -0.25) is 0 Å². The van der Waals surface area contributed by atoms with Crippen LogP contribution in [0.5, 0.6) is 0 Å². The molecule has 1 rings (SSSR count). The van der Waals surface area contributed by atoms with Crippen LogP contribution < -0.4 is 0 Å². The maximum atomic E-state index is 5.94. The quantitative estimate of drug-likeness (QED) is 0.505. The van der Waals surface area contributed by atoms with Gasteiger partial charge in [-0.05, 0) is 22.8 Å². The summed E-state index contributed by atoms with van der Waals surface area (Å²) in [6, 6.07) is 1.55. The summed E-state index contributed by atoms with van der Waals surface area (Å²) in [5.74, 6) is 0.845. The summed E-state index contributed by atoms with van der Waals surface area (Å²) < 4.78 is 5.94. The van der Waals surface area contributed by atoms with Gasteiger partial charge in [-0.15, -0.1) is 0 Å². The van der Waals surface area contributed by atoms with E-state index in [1.54, 1.807) is 6.04 Å². The summed E-state index contributed by atoms with van der Waals surface area (Å²) in [4.78, 5) is 0. The smallest absolute Gasteiger partial charge is 0.147 e. The van der Waals surface area contributed by atoms with E-state index < -0.39 is 8.31 Å². The predicted octanol–water partition coefficient (Wildman–Crippen LogP) is 4.24. The van der Waals surface area contributed by atoms with Gasteiger partial charge in [-0.2, -0.15) is 0 Å². The number of hydrogen-bond acceptors (Lipinski definition) is 1. The highest BCUT2D eigenvalue weighted by atomic mass is 29.2. The molecule has 114 valence electrons. The van der Waals surface area contributed by atoms with Gasteiger partial charge in [0.1, 0.15) is 9.28 Å². The third-order valence-corrected chi connectivity index (χ3v) is 17.3.